The Morgan fingerprint density at radius 1 is 0.867 bits per heavy atom. The van der Waals surface area contributed by atoms with E-state index in [4.69, 9.17) is 11.6 Å². The van der Waals surface area contributed by atoms with Gasteiger partial charge >= 0.3 is 0 Å². The van der Waals surface area contributed by atoms with Gasteiger partial charge in [0.05, 0.1) is 11.3 Å². The number of likely N-dealkylation sites (N-methyl/N-ethyl adjacent to an activating group) is 1. The van der Waals surface area contributed by atoms with Crippen molar-refractivity contribution in [3.05, 3.63) is 106 Å². The van der Waals surface area contributed by atoms with E-state index in [0.717, 1.165) is 11.1 Å². The first-order valence-corrected chi connectivity index (χ1v) is 10.0. The lowest BCUT2D eigenvalue weighted by Crippen LogP contribution is -2.34. The largest absolute Gasteiger partial charge is 0.365 e. The van der Waals surface area contributed by atoms with Crippen molar-refractivity contribution >= 4 is 34.7 Å². The standard InChI is InChI=1S/C25H21ClN2O2/c1-17-13-14-20(15-21(17)26)28-24(29)22(19-11-7-4-8-12-19)23(25(28)30)27(2)16-18-9-5-3-6-10-18/h3-15H,16H2,1-2H3. The van der Waals surface area contributed by atoms with E-state index in [9.17, 15) is 9.59 Å². The van der Waals surface area contributed by atoms with Crippen LogP contribution in [0.15, 0.2) is 84.6 Å². The van der Waals surface area contributed by atoms with Gasteiger partial charge in [-0.2, -0.15) is 0 Å². The maximum atomic E-state index is 13.5. The van der Waals surface area contributed by atoms with Gasteiger partial charge in [0, 0.05) is 18.6 Å². The molecule has 1 aliphatic rings. The molecule has 4 rings (SSSR count). The minimum atomic E-state index is -0.350. The number of halogens is 1. The van der Waals surface area contributed by atoms with E-state index in [2.05, 4.69) is 0 Å². The van der Waals surface area contributed by atoms with Crippen molar-refractivity contribution in [1.29, 1.82) is 0 Å². The average molecular weight is 417 g/mol. The first kappa shape index (κ1) is 19.9. The van der Waals surface area contributed by atoms with Gasteiger partial charge in [0.2, 0.25) is 0 Å². The summed E-state index contributed by atoms with van der Waals surface area (Å²) in [6.45, 7) is 2.39. The van der Waals surface area contributed by atoms with Gasteiger partial charge in [-0.3, -0.25) is 9.59 Å². The summed E-state index contributed by atoms with van der Waals surface area (Å²) in [4.78, 5) is 30.0. The highest BCUT2D eigenvalue weighted by atomic mass is 35.5. The Hall–Kier alpha value is -3.37. The molecule has 150 valence electrons. The van der Waals surface area contributed by atoms with Crippen molar-refractivity contribution in [2.45, 2.75) is 13.5 Å². The van der Waals surface area contributed by atoms with Crippen molar-refractivity contribution in [1.82, 2.24) is 4.90 Å². The van der Waals surface area contributed by atoms with Crippen LogP contribution in [0, 0.1) is 6.92 Å². The Bertz CT molecular complexity index is 1140. The highest BCUT2D eigenvalue weighted by Crippen LogP contribution is 2.36. The molecule has 4 nitrogen and oxygen atoms in total. The summed E-state index contributed by atoms with van der Waals surface area (Å²) in [5.41, 5.74) is 3.90. The van der Waals surface area contributed by atoms with Gasteiger partial charge in [0.1, 0.15) is 5.70 Å². The second kappa shape index (κ2) is 8.17. The van der Waals surface area contributed by atoms with Crippen molar-refractivity contribution in [3.63, 3.8) is 0 Å². The molecule has 0 spiro atoms. The topological polar surface area (TPSA) is 40.6 Å². The molecule has 0 atom stereocenters. The number of carbonyl (C=O) groups is 2. The van der Waals surface area contributed by atoms with Gasteiger partial charge in [0.25, 0.3) is 11.8 Å². The zero-order chi connectivity index (χ0) is 21.3. The molecule has 0 fully saturated rings. The second-order valence-corrected chi connectivity index (χ2v) is 7.72. The predicted octanol–water partition coefficient (Wildman–Crippen LogP) is 5.06. The van der Waals surface area contributed by atoms with E-state index in [0.29, 0.717) is 34.1 Å². The van der Waals surface area contributed by atoms with Gasteiger partial charge in [0.15, 0.2) is 0 Å². The summed E-state index contributed by atoms with van der Waals surface area (Å²) in [5, 5.41) is 0.514. The molecule has 0 N–H and O–H groups in total. The first-order valence-electron chi connectivity index (χ1n) is 9.67. The van der Waals surface area contributed by atoms with Gasteiger partial charge in [-0.1, -0.05) is 78.3 Å². The zero-order valence-corrected chi connectivity index (χ0v) is 17.6. The van der Waals surface area contributed by atoms with Crippen molar-refractivity contribution < 1.29 is 9.59 Å². The third kappa shape index (κ3) is 3.62. The molecule has 0 aromatic heterocycles. The highest BCUT2D eigenvalue weighted by molar-refractivity contribution is 6.45. The van der Waals surface area contributed by atoms with E-state index in [1.54, 1.807) is 12.1 Å². The maximum Gasteiger partial charge on any atom is 0.282 e. The number of hydrogen-bond acceptors (Lipinski definition) is 3. The number of amides is 2. The van der Waals surface area contributed by atoms with Crippen LogP contribution >= 0.6 is 11.6 Å². The lowest BCUT2D eigenvalue weighted by Gasteiger charge is -2.22. The number of hydrogen-bond donors (Lipinski definition) is 0. The van der Waals surface area contributed by atoms with Crippen LogP contribution in [-0.4, -0.2) is 23.8 Å². The van der Waals surface area contributed by atoms with Crippen molar-refractivity contribution in [2.75, 3.05) is 11.9 Å². The van der Waals surface area contributed by atoms with Crippen LogP contribution in [-0.2, 0) is 16.1 Å². The molecule has 5 heteroatoms. The molecular weight excluding hydrogens is 396 g/mol. The number of rotatable bonds is 5. The van der Waals surface area contributed by atoms with E-state index < -0.39 is 0 Å². The molecule has 1 heterocycles. The molecule has 0 radical (unpaired) electrons. The summed E-state index contributed by atoms with van der Waals surface area (Å²) in [7, 11) is 1.84. The first-order chi connectivity index (χ1) is 14.5. The van der Waals surface area contributed by atoms with Crippen molar-refractivity contribution in [2.24, 2.45) is 0 Å². The highest BCUT2D eigenvalue weighted by Gasteiger charge is 2.41. The van der Waals surface area contributed by atoms with E-state index in [-0.39, 0.29) is 11.8 Å². The zero-order valence-electron chi connectivity index (χ0n) is 16.8. The second-order valence-electron chi connectivity index (χ2n) is 7.31. The van der Waals surface area contributed by atoms with Crippen LogP contribution in [0.4, 0.5) is 5.69 Å². The molecule has 3 aromatic carbocycles. The molecule has 3 aromatic rings. The van der Waals surface area contributed by atoms with E-state index >= 15 is 0 Å². The summed E-state index contributed by atoms with van der Waals surface area (Å²) < 4.78 is 0. The number of imide groups is 1. The van der Waals surface area contributed by atoms with Crippen LogP contribution in [0.5, 0.6) is 0 Å². The molecule has 0 bridgehead atoms. The number of benzene rings is 3. The van der Waals surface area contributed by atoms with Crippen LogP contribution in [0.2, 0.25) is 5.02 Å². The smallest absolute Gasteiger partial charge is 0.282 e. The predicted molar refractivity (Wildman–Crippen MR) is 120 cm³/mol. The van der Waals surface area contributed by atoms with Gasteiger partial charge < -0.3 is 4.90 Å². The van der Waals surface area contributed by atoms with Crippen LogP contribution in [0.1, 0.15) is 16.7 Å². The Morgan fingerprint density at radius 3 is 2.13 bits per heavy atom. The SMILES string of the molecule is Cc1ccc(N2C(=O)C(c3ccccc3)=C(N(C)Cc3ccccc3)C2=O)cc1Cl. The monoisotopic (exact) mass is 416 g/mol. The Morgan fingerprint density at radius 2 is 1.50 bits per heavy atom. The van der Waals surface area contributed by atoms with Crippen molar-refractivity contribution in [3.8, 4) is 0 Å². The fourth-order valence-electron chi connectivity index (χ4n) is 3.63. The number of carbonyl (C=O) groups excluding carboxylic acids is 2. The number of aryl methyl sites for hydroxylation is 1. The molecule has 0 saturated carbocycles. The van der Waals surface area contributed by atoms with Gasteiger partial charge in [-0.05, 0) is 35.7 Å². The molecule has 0 saturated heterocycles. The maximum absolute atomic E-state index is 13.5. The normalized spacial score (nSPS) is 13.9. The third-order valence-corrected chi connectivity index (χ3v) is 5.59. The molecule has 0 unspecified atom stereocenters. The molecule has 0 aliphatic carbocycles. The molecule has 30 heavy (non-hydrogen) atoms. The number of nitrogens with zero attached hydrogens (tertiary/aromatic N) is 2. The molecular formula is C25H21ClN2O2. The average Bonchev–Trinajstić information content (AvgIpc) is 3.02. The minimum absolute atomic E-state index is 0.346. The fourth-order valence-corrected chi connectivity index (χ4v) is 3.80. The molecule has 2 amide bonds. The lowest BCUT2D eigenvalue weighted by molar-refractivity contribution is -0.120. The summed E-state index contributed by atoms with van der Waals surface area (Å²) in [5.74, 6) is -0.696. The number of anilines is 1. The summed E-state index contributed by atoms with van der Waals surface area (Å²) in [6, 6.07) is 24.4. The minimum Gasteiger partial charge on any atom is -0.365 e. The third-order valence-electron chi connectivity index (χ3n) is 5.18. The van der Waals surface area contributed by atoms with E-state index in [1.807, 2.05) is 85.6 Å². The summed E-state index contributed by atoms with van der Waals surface area (Å²) >= 11 is 6.27. The quantitative estimate of drug-likeness (QED) is 0.545. The van der Waals surface area contributed by atoms with Crippen LogP contribution in [0.3, 0.4) is 0 Å². The van der Waals surface area contributed by atoms with Gasteiger partial charge in [-0.15, -0.1) is 0 Å². The lowest BCUT2D eigenvalue weighted by atomic mass is 10.0. The summed E-state index contributed by atoms with van der Waals surface area (Å²) in [6.07, 6.45) is 0. The van der Waals surface area contributed by atoms with Gasteiger partial charge in [-0.25, -0.2) is 4.90 Å². The Labute approximate surface area is 181 Å². The molecule has 1 aliphatic heterocycles. The fraction of sp³-hybridized carbons (Fsp3) is 0.120. The van der Waals surface area contributed by atoms with E-state index in [1.165, 1.54) is 4.90 Å². The van der Waals surface area contributed by atoms with Crippen LogP contribution < -0.4 is 4.90 Å². The van der Waals surface area contributed by atoms with Crippen LogP contribution in [0.25, 0.3) is 5.57 Å². The Kier molecular flexibility index (Phi) is 5.42. The Balaban J connectivity index is 1.79.